The lowest BCUT2D eigenvalue weighted by molar-refractivity contribution is 0.155. The molecule has 0 unspecified atom stereocenters. The predicted octanol–water partition coefficient (Wildman–Crippen LogP) is 2.01. The second-order valence-electron chi connectivity index (χ2n) is 6.19. The molecular weight excluding hydrogens is 276 g/mol. The van der Waals surface area contributed by atoms with E-state index in [1.807, 2.05) is 24.7 Å². The van der Waals surface area contributed by atoms with Gasteiger partial charge in [-0.3, -0.25) is 4.90 Å². The summed E-state index contributed by atoms with van der Waals surface area (Å²) in [6, 6.07) is 8.70. The number of aromatic nitrogens is 2. The molecule has 2 aromatic rings. The third kappa shape index (κ3) is 3.15. The van der Waals surface area contributed by atoms with E-state index in [1.54, 1.807) is 7.11 Å². The first-order chi connectivity index (χ1) is 10.7. The van der Waals surface area contributed by atoms with Gasteiger partial charge < -0.3 is 14.2 Å². The number of imidazole rings is 1. The summed E-state index contributed by atoms with van der Waals surface area (Å²) in [5.41, 5.74) is 2.52. The zero-order chi connectivity index (χ0) is 15.5. The highest BCUT2D eigenvalue weighted by atomic mass is 16.5. The van der Waals surface area contributed by atoms with Gasteiger partial charge in [0.25, 0.3) is 0 Å². The van der Waals surface area contributed by atoms with Crippen molar-refractivity contribution in [2.45, 2.75) is 19.1 Å². The van der Waals surface area contributed by atoms with Crippen LogP contribution in [0.3, 0.4) is 0 Å². The Hall–Kier alpha value is -1.85. The molecule has 1 aliphatic heterocycles. The summed E-state index contributed by atoms with van der Waals surface area (Å²) >= 11 is 0. The molecule has 5 nitrogen and oxygen atoms in total. The van der Waals surface area contributed by atoms with Gasteiger partial charge in [-0.05, 0) is 20.2 Å². The van der Waals surface area contributed by atoms with Gasteiger partial charge in [0.15, 0.2) is 0 Å². The summed E-state index contributed by atoms with van der Waals surface area (Å²) in [6.07, 6.45) is 3.95. The van der Waals surface area contributed by atoms with Gasteiger partial charge in [0.05, 0.1) is 25.2 Å². The normalized spacial score (nSPS) is 18.5. The highest BCUT2D eigenvalue weighted by Crippen LogP contribution is 2.25. The van der Waals surface area contributed by atoms with E-state index in [0.717, 1.165) is 31.9 Å². The van der Waals surface area contributed by atoms with Crippen molar-refractivity contribution in [2.75, 3.05) is 34.3 Å². The SMILES string of the molecule is COc1ccccc1CN1Cc2cncn2[C@H](CN(C)C)C1. The van der Waals surface area contributed by atoms with Crippen molar-refractivity contribution in [1.82, 2.24) is 19.4 Å². The van der Waals surface area contributed by atoms with Crippen LogP contribution >= 0.6 is 0 Å². The molecule has 1 aromatic heterocycles. The van der Waals surface area contributed by atoms with E-state index >= 15 is 0 Å². The van der Waals surface area contributed by atoms with Crippen LogP contribution in [0, 0.1) is 0 Å². The zero-order valence-electron chi connectivity index (χ0n) is 13.6. The number of hydrogen-bond acceptors (Lipinski definition) is 4. The second-order valence-corrected chi connectivity index (χ2v) is 6.19. The van der Waals surface area contributed by atoms with Gasteiger partial charge in [-0.1, -0.05) is 18.2 Å². The summed E-state index contributed by atoms with van der Waals surface area (Å²) < 4.78 is 7.80. The van der Waals surface area contributed by atoms with Crippen molar-refractivity contribution >= 4 is 0 Å². The Balaban J connectivity index is 1.78. The average Bonchev–Trinajstić information content (AvgIpc) is 2.96. The van der Waals surface area contributed by atoms with E-state index in [1.165, 1.54) is 11.3 Å². The van der Waals surface area contributed by atoms with Crippen molar-refractivity contribution in [2.24, 2.45) is 0 Å². The van der Waals surface area contributed by atoms with E-state index in [-0.39, 0.29) is 0 Å². The second kappa shape index (κ2) is 6.50. The number of para-hydroxylation sites is 1. The summed E-state index contributed by atoms with van der Waals surface area (Å²) in [4.78, 5) is 9.04. The predicted molar refractivity (Wildman–Crippen MR) is 86.9 cm³/mol. The Morgan fingerprint density at radius 1 is 1.32 bits per heavy atom. The molecule has 0 saturated carbocycles. The molecule has 1 aliphatic rings. The molecule has 0 aliphatic carbocycles. The van der Waals surface area contributed by atoms with Gasteiger partial charge in [0.1, 0.15) is 5.75 Å². The van der Waals surface area contributed by atoms with Crippen LogP contribution in [0.2, 0.25) is 0 Å². The summed E-state index contributed by atoms with van der Waals surface area (Å²) in [6.45, 7) is 3.88. The summed E-state index contributed by atoms with van der Waals surface area (Å²) in [5, 5.41) is 0. The van der Waals surface area contributed by atoms with Gasteiger partial charge in [-0.25, -0.2) is 4.98 Å². The van der Waals surface area contributed by atoms with Crippen molar-refractivity contribution in [3.05, 3.63) is 48.0 Å². The molecule has 22 heavy (non-hydrogen) atoms. The fraction of sp³-hybridized carbons (Fsp3) is 0.471. The van der Waals surface area contributed by atoms with E-state index < -0.39 is 0 Å². The first kappa shape index (κ1) is 15.1. The third-order valence-electron chi connectivity index (χ3n) is 4.16. The first-order valence-corrected chi connectivity index (χ1v) is 7.67. The molecule has 0 N–H and O–H groups in total. The van der Waals surface area contributed by atoms with Crippen molar-refractivity contribution in [3.8, 4) is 5.75 Å². The molecule has 0 bridgehead atoms. The molecule has 3 rings (SSSR count). The minimum absolute atomic E-state index is 0.441. The molecule has 5 heteroatoms. The molecule has 0 amide bonds. The first-order valence-electron chi connectivity index (χ1n) is 7.67. The smallest absolute Gasteiger partial charge is 0.123 e. The summed E-state index contributed by atoms with van der Waals surface area (Å²) in [5.74, 6) is 0.964. The van der Waals surface area contributed by atoms with Gasteiger partial charge in [-0.2, -0.15) is 0 Å². The summed E-state index contributed by atoms with van der Waals surface area (Å²) in [7, 11) is 5.98. The molecule has 0 spiro atoms. The van der Waals surface area contributed by atoms with Crippen LogP contribution < -0.4 is 4.74 Å². The quantitative estimate of drug-likeness (QED) is 0.846. The minimum atomic E-state index is 0.441. The molecule has 118 valence electrons. The highest BCUT2D eigenvalue weighted by molar-refractivity contribution is 5.33. The number of nitrogens with zero attached hydrogens (tertiary/aromatic N) is 4. The van der Waals surface area contributed by atoms with Crippen LogP contribution in [0.5, 0.6) is 5.75 Å². The van der Waals surface area contributed by atoms with Gasteiger partial charge in [0.2, 0.25) is 0 Å². The standard InChI is InChI=1S/C17H24N4O/c1-19(2)10-16-12-20(11-15-8-18-13-21(15)16)9-14-6-4-5-7-17(14)22-3/h4-8,13,16H,9-12H2,1-3H3/t16-/m1/s1. The Morgan fingerprint density at radius 2 is 2.14 bits per heavy atom. The number of benzene rings is 1. The number of fused-ring (bicyclic) bond motifs is 1. The maximum atomic E-state index is 5.48. The fourth-order valence-electron chi connectivity index (χ4n) is 3.23. The molecular formula is C17H24N4O. The number of hydrogen-bond donors (Lipinski definition) is 0. The number of methoxy groups -OCH3 is 1. The monoisotopic (exact) mass is 300 g/mol. The minimum Gasteiger partial charge on any atom is -0.496 e. The van der Waals surface area contributed by atoms with E-state index in [4.69, 9.17) is 4.74 Å². The Kier molecular flexibility index (Phi) is 4.45. The Labute approximate surface area is 132 Å². The van der Waals surface area contributed by atoms with E-state index in [0.29, 0.717) is 6.04 Å². The lowest BCUT2D eigenvalue weighted by Crippen LogP contribution is -2.40. The molecule has 1 atom stereocenters. The zero-order valence-corrected chi connectivity index (χ0v) is 13.6. The average molecular weight is 300 g/mol. The largest absolute Gasteiger partial charge is 0.496 e. The van der Waals surface area contributed by atoms with Gasteiger partial charge in [-0.15, -0.1) is 0 Å². The van der Waals surface area contributed by atoms with E-state index in [9.17, 15) is 0 Å². The molecule has 0 fully saturated rings. The number of ether oxygens (including phenoxy) is 1. The maximum Gasteiger partial charge on any atom is 0.123 e. The van der Waals surface area contributed by atoms with Gasteiger partial charge >= 0.3 is 0 Å². The maximum absolute atomic E-state index is 5.48. The molecule has 0 radical (unpaired) electrons. The van der Waals surface area contributed by atoms with Crippen LogP contribution in [-0.4, -0.2) is 53.6 Å². The van der Waals surface area contributed by atoms with Crippen molar-refractivity contribution in [1.29, 1.82) is 0 Å². The van der Waals surface area contributed by atoms with Crippen LogP contribution in [0.1, 0.15) is 17.3 Å². The topological polar surface area (TPSA) is 33.5 Å². The number of likely N-dealkylation sites (N-methyl/N-ethyl adjacent to an activating group) is 1. The van der Waals surface area contributed by atoms with Crippen molar-refractivity contribution in [3.63, 3.8) is 0 Å². The van der Waals surface area contributed by atoms with E-state index in [2.05, 4.69) is 45.6 Å². The lowest BCUT2D eigenvalue weighted by Gasteiger charge is -2.36. The molecule has 0 saturated heterocycles. The third-order valence-corrected chi connectivity index (χ3v) is 4.16. The van der Waals surface area contributed by atoms with Crippen LogP contribution in [0.4, 0.5) is 0 Å². The molecule has 2 heterocycles. The van der Waals surface area contributed by atoms with Crippen LogP contribution in [-0.2, 0) is 13.1 Å². The molecule has 1 aromatic carbocycles. The highest BCUT2D eigenvalue weighted by Gasteiger charge is 2.25. The Bertz CT molecular complexity index is 623. The lowest BCUT2D eigenvalue weighted by atomic mass is 10.1. The van der Waals surface area contributed by atoms with Crippen LogP contribution in [0.25, 0.3) is 0 Å². The number of rotatable bonds is 5. The van der Waals surface area contributed by atoms with Crippen LogP contribution in [0.15, 0.2) is 36.8 Å². The van der Waals surface area contributed by atoms with Gasteiger partial charge in [0, 0.05) is 37.9 Å². The van der Waals surface area contributed by atoms with Crippen molar-refractivity contribution < 1.29 is 4.74 Å². The Morgan fingerprint density at radius 3 is 2.91 bits per heavy atom. The fourth-order valence-corrected chi connectivity index (χ4v) is 3.23.